The van der Waals surface area contributed by atoms with Crippen LogP contribution in [0.25, 0.3) is 0 Å². The summed E-state index contributed by atoms with van der Waals surface area (Å²) in [5, 5.41) is 2.82. The van der Waals surface area contributed by atoms with Crippen LogP contribution in [0.15, 0.2) is 36.4 Å². The SMILES string of the molecule is CCc1ccc(NC(=O)C(C)N2C(=O)COc3ccc(N)nc32)cc1. The Balaban J connectivity index is 1.81. The van der Waals surface area contributed by atoms with Crippen molar-refractivity contribution in [1.82, 2.24) is 4.98 Å². The lowest BCUT2D eigenvalue weighted by Gasteiger charge is -2.32. The average molecular weight is 340 g/mol. The molecule has 1 atom stereocenters. The molecule has 1 unspecified atom stereocenters. The summed E-state index contributed by atoms with van der Waals surface area (Å²) in [5.74, 6) is 0.301. The van der Waals surface area contributed by atoms with Crippen molar-refractivity contribution >= 4 is 29.1 Å². The van der Waals surface area contributed by atoms with Crippen LogP contribution in [0.3, 0.4) is 0 Å². The molecule has 0 radical (unpaired) electrons. The van der Waals surface area contributed by atoms with Crippen LogP contribution < -0.4 is 20.7 Å². The molecule has 2 aromatic rings. The number of carbonyl (C=O) groups excluding carboxylic acids is 2. The van der Waals surface area contributed by atoms with Crippen molar-refractivity contribution in [1.29, 1.82) is 0 Å². The molecule has 7 heteroatoms. The number of aryl methyl sites for hydroxylation is 1. The number of carbonyl (C=O) groups is 2. The average Bonchev–Trinajstić information content (AvgIpc) is 2.61. The molecule has 1 aliphatic rings. The Morgan fingerprint density at radius 3 is 2.72 bits per heavy atom. The molecule has 1 aromatic carbocycles. The van der Waals surface area contributed by atoms with Crippen LogP contribution in [-0.2, 0) is 16.0 Å². The van der Waals surface area contributed by atoms with E-state index < -0.39 is 6.04 Å². The van der Waals surface area contributed by atoms with Crippen LogP contribution >= 0.6 is 0 Å². The van der Waals surface area contributed by atoms with Crippen molar-refractivity contribution in [3.05, 3.63) is 42.0 Å². The summed E-state index contributed by atoms with van der Waals surface area (Å²) in [5.41, 5.74) is 7.57. The highest BCUT2D eigenvalue weighted by Gasteiger charge is 2.34. The van der Waals surface area contributed by atoms with Gasteiger partial charge in [-0.15, -0.1) is 0 Å². The number of anilines is 3. The van der Waals surface area contributed by atoms with Gasteiger partial charge in [0, 0.05) is 5.69 Å². The molecule has 0 saturated heterocycles. The van der Waals surface area contributed by atoms with Crippen LogP contribution in [0.2, 0.25) is 0 Å². The number of pyridine rings is 1. The van der Waals surface area contributed by atoms with E-state index in [1.807, 2.05) is 24.3 Å². The first-order valence-electron chi connectivity index (χ1n) is 8.10. The maximum Gasteiger partial charge on any atom is 0.266 e. The molecule has 0 fully saturated rings. The van der Waals surface area contributed by atoms with Gasteiger partial charge in [0.25, 0.3) is 5.91 Å². The zero-order valence-corrected chi connectivity index (χ0v) is 14.2. The standard InChI is InChI=1S/C18H20N4O3/c1-3-12-4-6-13(7-5-12)20-18(24)11(2)22-16(23)10-25-14-8-9-15(19)21-17(14)22/h4-9,11H,3,10H2,1-2H3,(H2,19,21)(H,20,24). The number of ether oxygens (including phenoxy) is 1. The van der Waals surface area contributed by atoms with Gasteiger partial charge in [-0.2, -0.15) is 0 Å². The minimum atomic E-state index is -0.754. The third kappa shape index (κ3) is 3.40. The summed E-state index contributed by atoms with van der Waals surface area (Å²) >= 11 is 0. The highest BCUT2D eigenvalue weighted by atomic mass is 16.5. The lowest BCUT2D eigenvalue weighted by atomic mass is 10.1. The highest BCUT2D eigenvalue weighted by molar-refractivity contribution is 6.06. The molecule has 0 spiro atoms. The van der Waals surface area contributed by atoms with Gasteiger partial charge < -0.3 is 15.8 Å². The summed E-state index contributed by atoms with van der Waals surface area (Å²) in [4.78, 5) is 30.4. The number of nitrogen functional groups attached to an aromatic ring is 1. The fourth-order valence-electron chi connectivity index (χ4n) is 2.65. The number of nitrogens with one attached hydrogen (secondary N) is 1. The predicted octanol–water partition coefficient (Wildman–Crippen LogP) is 1.98. The minimum Gasteiger partial charge on any atom is -0.480 e. The van der Waals surface area contributed by atoms with Gasteiger partial charge in [-0.25, -0.2) is 4.98 Å². The van der Waals surface area contributed by atoms with Crippen molar-refractivity contribution in [2.45, 2.75) is 26.3 Å². The number of aromatic nitrogens is 1. The van der Waals surface area contributed by atoms with Crippen molar-refractivity contribution in [2.75, 3.05) is 22.6 Å². The molecule has 3 rings (SSSR count). The molecular weight excluding hydrogens is 320 g/mol. The number of nitrogens with two attached hydrogens (primary N) is 1. The molecule has 2 amide bonds. The van der Waals surface area contributed by atoms with E-state index in [1.54, 1.807) is 19.1 Å². The highest BCUT2D eigenvalue weighted by Crippen LogP contribution is 2.32. The Kier molecular flexibility index (Phi) is 4.56. The van der Waals surface area contributed by atoms with Gasteiger partial charge >= 0.3 is 0 Å². The first kappa shape index (κ1) is 16.8. The maximum absolute atomic E-state index is 12.6. The van der Waals surface area contributed by atoms with Gasteiger partial charge in [0.15, 0.2) is 18.2 Å². The lowest BCUT2D eigenvalue weighted by molar-refractivity contribution is -0.125. The van der Waals surface area contributed by atoms with Gasteiger partial charge in [-0.3, -0.25) is 14.5 Å². The second-order valence-corrected chi connectivity index (χ2v) is 5.83. The second-order valence-electron chi connectivity index (χ2n) is 5.83. The van der Waals surface area contributed by atoms with E-state index >= 15 is 0 Å². The van der Waals surface area contributed by atoms with Gasteiger partial charge in [0.05, 0.1) is 0 Å². The number of fused-ring (bicyclic) bond motifs is 1. The molecule has 7 nitrogen and oxygen atoms in total. The second kappa shape index (κ2) is 6.80. The Morgan fingerprint density at radius 1 is 1.32 bits per heavy atom. The third-order valence-corrected chi connectivity index (χ3v) is 4.11. The third-order valence-electron chi connectivity index (χ3n) is 4.11. The summed E-state index contributed by atoms with van der Waals surface area (Å²) in [6.07, 6.45) is 0.927. The fraction of sp³-hybridized carbons (Fsp3) is 0.278. The van der Waals surface area contributed by atoms with Gasteiger partial charge in [-0.05, 0) is 43.2 Å². The maximum atomic E-state index is 12.6. The van der Waals surface area contributed by atoms with Gasteiger partial charge in [0.1, 0.15) is 11.9 Å². The number of nitrogens with zero attached hydrogens (tertiary/aromatic N) is 2. The van der Waals surface area contributed by atoms with Crippen LogP contribution in [-0.4, -0.2) is 29.4 Å². The van der Waals surface area contributed by atoms with Crippen molar-refractivity contribution in [2.24, 2.45) is 0 Å². The predicted molar refractivity (Wildman–Crippen MR) is 95.5 cm³/mol. The van der Waals surface area contributed by atoms with Crippen LogP contribution in [0.1, 0.15) is 19.4 Å². The molecule has 2 heterocycles. The van der Waals surface area contributed by atoms with E-state index in [2.05, 4.69) is 17.2 Å². The first-order valence-corrected chi connectivity index (χ1v) is 8.10. The Labute approximate surface area is 145 Å². The molecule has 0 saturated carbocycles. The molecule has 0 aliphatic carbocycles. The smallest absolute Gasteiger partial charge is 0.266 e. The number of rotatable bonds is 4. The number of amides is 2. The van der Waals surface area contributed by atoms with Crippen molar-refractivity contribution < 1.29 is 14.3 Å². The van der Waals surface area contributed by atoms with E-state index in [0.717, 1.165) is 6.42 Å². The molecule has 25 heavy (non-hydrogen) atoms. The summed E-state index contributed by atoms with van der Waals surface area (Å²) < 4.78 is 5.35. The molecule has 0 bridgehead atoms. The number of hydrogen-bond acceptors (Lipinski definition) is 5. The lowest BCUT2D eigenvalue weighted by Crippen LogP contribution is -2.50. The summed E-state index contributed by atoms with van der Waals surface area (Å²) in [6.45, 7) is 3.57. The summed E-state index contributed by atoms with van der Waals surface area (Å²) in [7, 11) is 0. The van der Waals surface area contributed by atoms with Gasteiger partial charge in [0.2, 0.25) is 5.91 Å². The first-order chi connectivity index (χ1) is 12.0. The monoisotopic (exact) mass is 340 g/mol. The van der Waals surface area contributed by atoms with E-state index in [9.17, 15) is 9.59 Å². The minimum absolute atomic E-state index is 0.137. The molecular formula is C18H20N4O3. The topological polar surface area (TPSA) is 97.5 Å². The van der Waals surface area contributed by atoms with E-state index in [0.29, 0.717) is 11.4 Å². The molecule has 3 N–H and O–H groups in total. The number of benzene rings is 1. The van der Waals surface area contributed by atoms with E-state index in [-0.39, 0.29) is 30.1 Å². The largest absolute Gasteiger partial charge is 0.480 e. The van der Waals surface area contributed by atoms with Crippen molar-refractivity contribution in [3.63, 3.8) is 0 Å². The van der Waals surface area contributed by atoms with Crippen molar-refractivity contribution in [3.8, 4) is 5.75 Å². The zero-order valence-electron chi connectivity index (χ0n) is 14.2. The van der Waals surface area contributed by atoms with Crippen LogP contribution in [0.5, 0.6) is 5.75 Å². The quantitative estimate of drug-likeness (QED) is 0.887. The van der Waals surface area contributed by atoms with E-state index in [1.165, 1.54) is 10.5 Å². The van der Waals surface area contributed by atoms with E-state index in [4.69, 9.17) is 10.5 Å². The van der Waals surface area contributed by atoms with Crippen LogP contribution in [0.4, 0.5) is 17.3 Å². The summed E-state index contributed by atoms with van der Waals surface area (Å²) in [6, 6.07) is 10.1. The Bertz CT molecular complexity index is 804. The normalized spacial score (nSPS) is 14.5. The molecule has 130 valence electrons. The Hall–Kier alpha value is -3.09. The molecule has 1 aromatic heterocycles. The van der Waals surface area contributed by atoms with Gasteiger partial charge in [-0.1, -0.05) is 19.1 Å². The van der Waals surface area contributed by atoms with Crippen LogP contribution in [0, 0.1) is 0 Å². The fourth-order valence-corrected chi connectivity index (χ4v) is 2.65. The molecule has 1 aliphatic heterocycles. The zero-order chi connectivity index (χ0) is 18.0. The Morgan fingerprint density at radius 2 is 2.04 bits per heavy atom. The number of hydrogen-bond donors (Lipinski definition) is 2.